The lowest BCUT2D eigenvalue weighted by atomic mass is 9.56. The Kier molecular flexibility index (Phi) is 20.1. The van der Waals surface area contributed by atoms with Gasteiger partial charge in [-0.15, -0.1) is 0 Å². The van der Waals surface area contributed by atoms with Crippen LogP contribution in [0.25, 0.3) is 0 Å². The van der Waals surface area contributed by atoms with E-state index in [0.29, 0.717) is 37.9 Å². The van der Waals surface area contributed by atoms with Crippen molar-refractivity contribution in [3.8, 4) is 0 Å². The minimum atomic E-state index is -1.61. The van der Waals surface area contributed by atoms with E-state index in [1.807, 2.05) is 20.8 Å². The molecule has 8 aliphatic heterocycles. The van der Waals surface area contributed by atoms with Crippen LogP contribution in [0.4, 0.5) is 0 Å². The van der Waals surface area contributed by atoms with Crippen molar-refractivity contribution in [3.05, 3.63) is 11.6 Å². The summed E-state index contributed by atoms with van der Waals surface area (Å²) < 4.78 is 115. The molecule has 2 saturated carbocycles. The Hall–Kier alpha value is -1.51. The van der Waals surface area contributed by atoms with E-state index >= 15 is 0 Å². The molecule has 486 valence electrons. The van der Waals surface area contributed by atoms with E-state index in [1.54, 1.807) is 35.2 Å². The number of Topliss-reactive ketones (excluding diaryl/α,β-unsaturated/α-hetero) is 1. The average molecular weight is 1220 g/mol. The zero-order chi connectivity index (χ0) is 60.6. The number of fused-ring (bicyclic) bond motifs is 5. The van der Waals surface area contributed by atoms with Gasteiger partial charge in [0.05, 0.1) is 91.4 Å². The predicted octanol–water partition coefficient (Wildman–Crippen LogP) is 3.22. The van der Waals surface area contributed by atoms with Crippen LogP contribution in [0.5, 0.6) is 0 Å². The second-order valence-corrected chi connectivity index (χ2v) is 26.6. The highest BCUT2D eigenvalue weighted by Crippen LogP contribution is 2.66. The summed E-state index contributed by atoms with van der Waals surface area (Å²) in [6, 6.07) is 0. The molecule has 5 N–H and O–H groups in total. The Labute approximate surface area is 499 Å². The lowest BCUT2D eigenvalue weighted by Gasteiger charge is -2.53. The van der Waals surface area contributed by atoms with Gasteiger partial charge in [-0.25, -0.2) is 0 Å². The van der Waals surface area contributed by atoms with Crippen molar-refractivity contribution in [2.75, 3.05) is 35.0 Å². The first-order valence-electron chi connectivity index (χ1n) is 31.4. The van der Waals surface area contributed by atoms with Crippen molar-refractivity contribution >= 4 is 5.78 Å². The van der Waals surface area contributed by atoms with E-state index in [0.717, 1.165) is 32.1 Å². The number of aliphatic hydroxyl groups excluding tert-OH is 5. The molecule has 0 amide bonds. The Morgan fingerprint density at radius 3 is 1.51 bits per heavy atom. The summed E-state index contributed by atoms with van der Waals surface area (Å²) in [5.74, 6) is -0.0261. The number of carbonyl (C=O) groups is 1. The van der Waals surface area contributed by atoms with E-state index < -0.39 is 159 Å². The number of ketones is 1. The molecule has 8 heterocycles. The van der Waals surface area contributed by atoms with Gasteiger partial charge in [0.2, 0.25) is 0 Å². The fourth-order valence-corrected chi connectivity index (χ4v) is 16.7. The molecule has 0 aromatic carbocycles. The summed E-state index contributed by atoms with van der Waals surface area (Å²) in [6.07, 6.45) is -10.3. The third-order valence-electron chi connectivity index (χ3n) is 21.6. The first-order chi connectivity index (χ1) is 40.5. The predicted molar refractivity (Wildman–Crippen MR) is 294 cm³/mol. The minimum absolute atomic E-state index is 0.0311. The number of carbonyl (C=O) groups excluding carboxylic acids is 1. The topological polar surface area (TPSA) is 284 Å². The first-order valence-corrected chi connectivity index (χ1v) is 31.4. The van der Waals surface area contributed by atoms with Crippen LogP contribution in [-0.2, 0) is 90.1 Å². The number of aliphatic hydroxyl groups is 5. The summed E-state index contributed by atoms with van der Waals surface area (Å²) >= 11 is 0. The zero-order valence-corrected chi connectivity index (χ0v) is 51.6. The van der Waals surface area contributed by atoms with Crippen molar-refractivity contribution < 1.29 is 116 Å². The number of ether oxygens (including phenoxy) is 18. The Morgan fingerprint density at radius 2 is 1.01 bits per heavy atom. The molecule has 1 spiro atoms. The summed E-state index contributed by atoms with van der Waals surface area (Å²) in [4.78, 5) is 13.4. The number of hydrogen-bond acceptors (Lipinski definition) is 24. The highest BCUT2D eigenvalue weighted by molar-refractivity contribution is 5.88. The molecule has 11 aliphatic rings. The number of hydrogen-bond donors (Lipinski definition) is 5. The molecule has 0 aromatic heterocycles. The highest BCUT2D eigenvalue weighted by Gasteiger charge is 2.69. The Morgan fingerprint density at radius 1 is 0.541 bits per heavy atom. The van der Waals surface area contributed by atoms with Crippen LogP contribution >= 0.6 is 0 Å². The van der Waals surface area contributed by atoms with Gasteiger partial charge in [-0.1, -0.05) is 18.6 Å². The minimum Gasteiger partial charge on any atom is -0.394 e. The van der Waals surface area contributed by atoms with Gasteiger partial charge in [-0.2, -0.15) is 0 Å². The smallest absolute Gasteiger partial charge is 0.187 e. The van der Waals surface area contributed by atoms with E-state index in [2.05, 4.69) is 26.8 Å². The van der Waals surface area contributed by atoms with Gasteiger partial charge in [0.1, 0.15) is 60.7 Å². The van der Waals surface area contributed by atoms with Crippen molar-refractivity contribution in [2.24, 2.45) is 22.7 Å². The van der Waals surface area contributed by atoms with Gasteiger partial charge in [0.25, 0.3) is 0 Å². The molecule has 3 aliphatic carbocycles. The second kappa shape index (κ2) is 26.2. The van der Waals surface area contributed by atoms with E-state index in [9.17, 15) is 30.3 Å². The molecular weight excluding hydrogens is 1120 g/mol. The molecule has 2 unspecified atom stereocenters. The molecule has 10 fully saturated rings. The second-order valence-electron chi connectivity index (χ2n) is 26.6. The first kappa shape index (κ1) is 65.0. The van der Waals surface area contributed by atoms with Gasteiger partial charge < -0.3 is 111 Å². The monoisotopic (exact) mass is 1210 g/mol. The van der Waals surface area contributed by atoms with E-state index in [-0.39, 0.29) is 60.6 Å². The van der Waals surface area contributed by atoms with Crippen molar-refractivity contribution in [2.45, 2.75) is 310 Å². The van der Waals surface area contributed by atoms with Crippen LogP contribution in [-0.4, -0.2) is 244 Å². The van der Waals surface area contributed by atoms with E-state index in [4.69, 9.17) is 85.3 Å². The average Bonchev–Trinajstić information content (AvgIpc) is 1.75. The zero-order valence-electron chi connectivity index (χ0n) is 51.6. The highest BCUT2D eigenvalue weighted by atomic mass is 16.8. The fraction of sp³-hybridized carbons (Fsp3) is 0.951. The molecule has 0 radical (unpaired) electrons. The van der Waals surface area contributed by atoms with Gasteiger partial charge in [-0.3, -0.25) is 4.79 Å². The van der Waals surface area contributed by atoms with Crippen LogP contribution in [0.3, 0.4) is 0 Å². The van der Waals surface area contributed by atoms with E-state index in [1.165, 1.54) is 12.7 Å². The Balaban J connectivity index is 0.630. The van der Waals surface area contributed by atoms with Gasteiger partial charge in [0, 0.05) is 85.2 Å². The van der Waals surface area contributed by atoms with Gasteiger partial charge in [-0.05, 0) is 86.0 Å². The summed E-state index contributed by atoms with van der Waals surface area (Å²) in [5.41, 5.74) is 0.758. The van der Waals surface area contributed by atoms with Crippen LogP contribution < -0.4 is 0 Å². The Bertz CT molecular complexity index is 2270. The summed E-state index contributed by atoms with van der Waals surface area (Å²) in [5, 5.41) is 52.3. The maximum Gasteiger partial charge on any atom is 0.187 e. The summed E-state index contributed by atoms with van der Waals surface area (Å²) in [6.45, 7) is 15.4. The maximum absolute atomic E-state index is 13.4. The molecule has 24 nitrogen and oxygen atoms in total. The fourth-order valence-electron chi connectivity index (χ4n) is 16.7. The largest absolute Gasteiger partial charge is 0.394 e. The molecule has 2 bridgehead atoms. The van der Waals surface area contributed by atoms with Crippen LogP contribution in [0.15, 0.2) is 11.6 Å². The quantitative estimate of drug-likeness (QED) is 0.131. The van der Waals surface area contributed by atoms with Gasteiger partial charge in [0.15, 0.2) is 43.5 Å². The molecule has 8 saturated heterocycles. The third kappa shape index (κ3) is 12.4. The third-order valence-corrected chi connectivity index (χ3v) is 21.6. The molecular formula is C61H98O24. The molecule has 85 heavy (non-hydrogen) atoms. The number of methoxy groups -OCH3 is 4. The lowest BCUT2D eigenvalue weighted by molar-refractivity contribution is -0.359. The normalized spacial score (nSPS) is 53.8. The van der Waals surface area contributed by atoms with Crippen molar-refractivity contribution in [1.29, 1.82) is 0 Å². The lowest BCUT2D eigenvalue weighted by Crippen LogP contribution is -2.62. The van der Waals surface area contributed by atoms with Crippen LogP contribution in [0.2, 0.25) is 0 Å². The van der Waals surface area contributed by atoms with Gasteiger partial charge >= 0.3 is 0 Å². The standard InChI is InChI=1S/C61H98O24/c1-27-35-13-14-43(64)60(35,8)44-25-42-59(7)17-16-34(19-33(59)15-18-61(42,84-27)85-44)77-46-21-37(68-9)55(29(3)73-46)81-49-23-39(70-11)56(31(5)75-49)82-48-22-38(69-10)54(30(4)74-48)80-45-20-36(63)53(28(2)72-45)79-47-24-40(71-12)57(32(6)76-47)83-58-52(67)51(66)50(65)41(26-62)78-58/h15,27-32,34-42,44-58,62-63,65-67H,13-14,16-26H2,1-12H3/t27?,28-,29-,30-,31-,32-,34+,35-,36+,37+,38-,39+,40-,41-,42-,44?,45+,46+,47+,48+,49+,50-,51+,52-,53-,54-,55-,56-,57-,58+,59+,60-,61+/m1/s1. The maximum atomic E-state index is 13.4. The van der Waals surface area contributed by atoms with Crippen molar-refractivity contribution in [3.63, 3.8) is 0 Å². The molecule has 11 rings (SSSR count). The SMILES string of the molecule is CO[C@H]1C[C@H](O[C@H]2CC[C@@]3(C)C(=CC[C@@]45OC(C)[C@H]6CCC(=O)[C@]6(C)C(C[C@@H]43)O5)C2)O[C@H](C)[C@H]1O[C@H]1C[C@H](OC)[C@H](O[C@H]2C[C@@H](OC)[C@H](O[C@H]3C[C@H](O)[C@H](O[C@H]4C[C@@H](OC)[C@H](O[C@@H]5O[C@H](CO)[C@@H](O)[C@H](O)[C@H]5O)[C@@H](C)O4)[C@@H](C)O3)[C@@H](C)O2)[C@@H](C)O1. The van der Waals surface area contributed by atoms with Crippen molar-refractivity contribution in [1.82, 2.24) is 0 Å². The molecule has 24 heteroatoms. The van der Waals surface area contributed by atoms with Crippen LogP contribution in [0, 0.1) is 22.7 Å². The van der Waals surface area contributed by atoms with Crippen LogP contribution in [0.1, 0.15) is 132 Å². The number of rotatable bonds is 17. The summed E-state index contributed by atoms with van der Waals surface area (Å²) in [7, 11) is 6.44. The molecule has 33 atom stereocenters. The molecule has 0 aromatic rings.